The summed E-state index contributed by atoms with van der Waals surface area (Å²) >= 11 is 0. The molecule has 2 amide bonds. The van der Waals surface area contributed by atoms with Gasteiger partial charge in [-0.05, 0) is 59.4 Å². The van der Waals surface area contributed by atoms with E-state index in [9.17, 15) is 19.5 Å². The van der Waals surface area contributed by atoms with Crippen LogP contribution in [0.4, 0.5) is 4.79 Å². The van der Waals surface area contributed by atoms with Gasteiger partial charge in [0.2, 0.25) is 5.91 Å². The van der Waals surface area contributed by atoms with E-state index in [1.54, 1.807) is 0 Å². The first-order chi connectivity index (χ1) is 20.4. The molecule has 7 rings (SSSR count). The number of nitrogens with one attached hydrogen (secondary N) is 2. The van der Waals surface area contributed by atoms with Crippen LogP contribution in [0.15, 0.2) is 78.9 Å². The van der Waals surface area contributed by atoms with Gasteiger partial charge in [-0.1, -0.05) is 78.9 Å². The number of carbonyl (C=O) groups is 3. The van der Waals surface area contributed by atoms with E-state index in [0.29, 0.717) is 45.3 Å². The topological polar surface area (TPSA) is 108 Å². The number of carbonyl (C=O) groups excluding carboxylic acids is 2. The molecule has 1 heterocycles. The lowest BCUT2D eigenvalue weighted by Crippen LogP contribution is -2.61. The molecule has 0 aromatic heterocycles. The summed E-state index contributed by atoms with van der Waals surface area (Å²) in [6.45, 7) is 1.81. The number of alkyl carbamates (subject to hydrolysis) is 1. The van der Waals surface area contributed by atoms with E-state index in [1.165, 1.54) is 0 Å². The number of ether oxygens (including phenoxy) is 1. The van der Waals surface area contributed by atoms with Crippen molar-refractivity contribution in [1.29, 1.82) is 0 Å². The van der Waals surface area contributed by atoms with Crippen molar-refractivity contribution < 1.29 is 24.2 Å². The number of amides is 2. The van der Waals surface area contributed by atoms with Crippen molar-refractivity contribution in [3.8, 4) is 11.1 Å². The van der Waals surface area contributed by atoms with Crippen LogP contribution in [0.1, 0.15) is 48.3 Å². The van der Waals surface area contributed by atoms with E-state index in [2.05, 4.69) is 51.9 Å². The third kappa shape index (κ3) is 4.64. The second-order valence-electron chi connectivity index (χ2n) is 12.5. The molecule has 3 fully saturated rings. The predicted molar refractivity (Wildman–Crippen MR) is 157 cm³/mol. The van der Waals surface area contributed by atoms with Gasteiger partial charge in [-0.3, -0.25) is 14.5 Å². The van der Waals surface area contributed by atoms with Crippen molar-refractivity contribution in [2.45, 2.75) is 49.7 Å². The Labute approximate surface area is 245 Å². The van der Waals surface area contributed by atoms with Crippen LogP contribution >= 0.6 is 0 Å². The lowest BCUT2D eigenvalue weighted by Gasteiger charge is -2.31. The number of hydrogen-bond donors (Lipinski definition) is 3. The molecule has 4 atom stereocenters. The van der Waals surface area contributed by atoms with Crippen molar-refractivity contribution in [3.05, 3.63) is 95.6 Å². The third-order valence-electron chi connectivity index (χ3n) is 9.89. The molecule has 2 saturated carbocycles. The molecule has 3 aliphatic carbocycles. The Bertz CT molecular complexity index is 1500. The molecule has 1 aliphatic heterocycles. The van der Waals surface area contributed by atoms with Crippen LogP contribution in [0.5, 0.6) is 0 Å². The Morgan fingerprint density at radius 3 is 2.24 bits per heavy atom. The maximum atomic E-state index is 13.9. The maximum absolute atomic E-state index is 13.9. The molecule has 216 valence electrons. The molecule has 0 radical (unpaired) electrons. The minimum Gasteiger partial charge on any atom is -0.481 e. The molecular formula is C34H35N3O5. The van der Waals surface area contributed by atoms with Gasteiger partial charge in [0.05, 0.1) is 5.41 Å². The van der Waals surface area contributed by atoms with E-state index >= 15 is 0 Å². The summed E-state index contributed by atoms with van der Waals surface area (Å²) < 4.78 is 5.85. The molecule has 3 aromatic rings. The lowest BCUT2D eigenvalue weighted by molar-refractivity contribution is -0.144. The van der Waals surface area contributed by atoms with Gasteiger partial charge < -0.3 is 20.5 Å². The van der Waals surface area contributed by atoms with Crippen molar-refractivity contribution in [3.63, 3.8) is 0 Å². The number of fused-ring (bicyclic) bond motifs is 4. The molecule has 42 heavy (non-hydrogen) atoms. The largest absolute Gasteiger partial charge is 0.481 e. The van der Waals surface area contributed by atoms with Crippen LogP contribution in [0, 0.1) is 11.3 Å². The van der Waals surface area contributed by atoms with Crippen molar-refractivity contribution >= 4 is 18.0 Å². The van der Waals surface area contributed by atoms with Crippen molar-refractivity contribution in [1.82, 2.24) is 15.5 Å². The summed E-state index contributed by atoms with van der Waals surface area (Å²) in [6, 6.07) is 26.2. The van der Waals surface area contributed by atoms with E-state index in [4.69, 9.17) is 4.74 Å². The second kappa shape index (κ2) is 10.3. The first-order valence-corrected chi connectivity index (χ1v) is 14.8. The minimum absolute atomic E-state index is 0.0801. The molecule has 3 N–H and O–H groups in total. The van der Waals surface area contributed by atoms with Gasteiger partial charge in [-0.15, -0.1) is 0 Å². The number of rotatable bonds is 8. The monoisotopic (exact) mass is 565 g/mol. The van der Waals surface area contributed by atoms with E-state index in [1.807, 2.05) is 42.5 Å². The molecule has 0 bridgehead atoms. The first kappa shape index (κ1) is 26.7. The third-order valence-corrected chi connectivity index (χ3v) is 9.89. The SMILES string of the molecule is O=C(NC1(C(=O)NC2CC3CC3(C(=O)O)C2)CCN(Cc2ccccc2)C1)OCC1c2ccccc2-c2ccccc21. The molecule has 0 spiro atoms. The zero-order valence-electron chi connectivity index (χ0n) is 23.4. The van der Waals surface area contributed by atoms with Crippen LogP contribution in [0.3, 0.4) is 0 Å². The number of benzene rings is 3. The summed E-state index contributed by atoms with van der Waals surface area (Å²) in [7, 11) is 0. The number of carboxylic acids is 1. The quantitative estimate of drug-likeness (QED) is 0.370. The minimum atomic E-state index is -1.17. The Morgan fingerprint density at radius 1 is 0.905 bits per heavy atom. The van der Waals surface area contributed by atoms with Crippen LogP contribution in [0.2, 0.25) is 0 Å². The van der Waals surface area contributed by atoms with Gasteiger partial charge in [0.15, 0.2) is 0 Å². The fraction of sp³-hybridized carbons (Fsp3) is 0.382. The lowest BCUT2D eigenvalue weighted by atomic mass is 9.95. The van der Waals surface area contributed by atoms with Gasteiger partial charge in [-0.2, -0.15) is 0 Å². The van der Waals surface area contributed by atoms with E-state index in [0.717, 1.165) is 27.8 Å². The van der Waals surface area contributed by atoms with Crippen LogP contribution in [-0.2, 0) is 20.9 Å². The molecule has 3 aromatic carbocycles. The molecule has 4 unspecified atom stereocenters. The molecule has 8 nitrogen and oxygen atoms in total. The average Bonchev–Trinajstić information content (AvgIpc) is 3.25. The zero-order chi connectivity index (χ0) is 28.9. The van der Waals surface area contributed by atoms with Crippen LogP contribution in [0.25, 0.3) is 11.1 Å². The smallest absolute Gasteiger partial charge is 0.408 e. The summed E-state index contributed by atoms with van der Waals surface area (Å²) in [5.74, 6) is -1.00. The van der Waals surface area contributed by atoms with E-state index in [-0.39, 0.29) is 30.4 Å². The van der Waals surface area contributed by atoms with E-state index < -0.39 is 23.0 Å². The fourth-order valence-corrected chi connectivity index (χ4v) is 7.63. The standard InChI is InChI=1S/C34H35N3O5/c38-30(35-24-16-23-17-33(23,18-24)31(39)40)34(14-15-37(21-34)19-22-8-2-1-3-9-22)36-32(41)42-20-29-27-12-6-4-10-25(27)26-11-5-7-13-28(26)29/h1-13,23-24,29H,14-21H2,(H,35,38)(H,36,41)(H,39,40). The van der Waals surface area contributed by atoms with Gasteiger partial charge in [0.25, 0.3) is 0 Å². The van der Waals surface area contributed by atoms with Crippen LogP contribution < -0.4 is 10.6 Å². The number of nitrogens with zero attached hydrogens (tertiary/aromatic N) is 1. The normalized spacial score (nSPS) is 27.5. The number of carboxylic acid groups (broad SMARTS) is 1. The Balaban J connectivity index is 1.06. The highest BCUT2D eigenvalue weighted by Crippen LogP contribution is 2.63. The highest BCUT2D eigenvalue weighted by Gasteiger charge is 2.66. The Kier molecular flexibility index (Phi) is 6.54. The number of hydrogen-bond acceptors (Lipinski definition) is 5. The van der Waals surface area contributed by atoms with Crippen molar-refractivity contribution in [2.75, 3.05) is 19.7 Å². The summed E-state index contributed by atoms with van der Waals surface area (Å²) in [4.78, 5) is 41.3. The predicted octanol–water partition coefficient (Wildman–Crippen LogP) is 4.54. The van der Waals surface area contributed by atoms with Gasteiger partial charge in [0.1, 0.15) is 12.1 Å². The zero-order valence-corrected chi connectivity index (χ0v) is 23.4. The Hall–Kier alpha value is -4.17. The van der Waals surface area contributed by atoms with Crippen molar-refractivity contribution in [2.24, 2.45) is 11.3 Å². The molecular weight excluding hydrogens is 530 g/mol. The van der Waals surface area contributed by atoms with Crippen LogP contribution in [-0.4, -0.2) is 59.3 Å². The van der Waals surface area contributed by atoms with Gasteiger partial charge >= 0.3 is 12.1 Å². The number of likely N-dealkylation sites (tertiary alicyclic amines) is 1. The fourth-order valence-electron chi connectivity index (χ4n) is 7.63. The highest BCUT2D eigenvalue weighted by molar-refractivity contribution is 5.91. The summed E-state index contributed by atoms with van der Waals surface area (Å²) in [5, 5.41) is 15.8. The molecule has 4 aliphatic rings. The van der Waals surface area contributed by atoms with Gasteiger partial charge in [-0.25, -0.2) is 4.79 Å². The average molecular weight is 566 g/mol. The molecule has 8 heteroatoms. The second-order valence-corrected chi connectivity index (χ2v) is 12.5. The van der Waals surface area contributed by atoms with Gasteiger partial charge in [0, 0.05) is 31.6 Å². The molecule has 1 saturated heterocycles. The summed E-state index contributed by atoms with van der Waals surface area (Å²) in [6.07, 6.45) is 1.60. The highest BCUT2D eigenvalue weighted by atomic mass is 16.5. The first-order valence-electron chi connectivity index (χ1n) is 14.8. The number of aliphatic carboxylic acids is 1. The Morgan fingerprint density at radius 2 is 1.57 bits per heavy atom. The maximum Gasteiger partial charge on any atom is 0.408 e. The summed E-state index contributed by atoms with van der Waals surface area (Å²) in [5.41, 5.74) is 3.83.